The summed E-state index contributed by atoms with van der Waals surface area (Å²) in [6.45, 7) is 3.84. The van der Waals surface area contributed by atoms with E-state index in [-0.39, 0.29) is 4.90 Å². The van der Waals surface area contributed by atoms with Crippen LogP contribution in [0.2, 0.25) is 0 Å². The third-order valence-electron chi connectivity index (χ3n) is 2.54. The van der Waals surface area contributed by atoms with Gasteiger partial charge in [-0.3, -0.25) is 0 Å². The van der Waals surface area contributed by atoms with E-state index in [0.29, 0.717) is 5.82 Å². The molecule has 0 amide bonds. The van der Waals surface area contributed by atoms with Gasteiger partial charge in [0.25, 0.3) is 5.82 Å². The Kier molecular flexibility index (Phi) is 3.34. The van der Waals surface area contributed by atoms with E-state index in [2.05, 4.69) is 9.71 Å². The molecule has 0 bridgehead atoms. The Hall–Kier alpha value is -1.88. The van der Waals surface area contributed by atoms with Crippen molar-refractivity contribution in [2.75, 3.05) is 4.72 Å². The number of H-pyrrole nitrogens is 1. The van der Waals surface area contributed by atoms with Crippen LogP contribution in [-0.4, -0.2) is 8.42 Å². The average Bonchev–Trinajstić information content (AvgIpc) is 2.32. The first kappa shape index (κ1) is 12.6. The first-order chi connectivity index (χ1) is 8.47. The lowest BCUT2D eigenvalue weighted by Gasteiger charge is -2.02. The zero-order valence-corrected chi connectivity index (χ0v) is 11.1. The van der Waals surface area contributed by atoms with Gasteiger partial charge in [-0.25, -0.2) is 4.98 Å². The molecule has 0 aliphatic heterocycles. The second kappa shape index (κ2) is 4.78. The fourth-order valence-electron chi connectivity index (χ4n) is 1.49. The summed E-state index contributed by atoms with van der Waals surface area (Å²) in [5.74, 6) is 0.446. The third-order valence-corrected chi connectivity index (χ3v) is 3.93. The summed E-state index contributed by atoms with van der Waals surface area (Å²) < 4.78 is 26.6. The van der Waals surface area contributed by atoms with E-state index in [9.17, 15) is 8.42 Å². The second-order valence-electron chi connectivity index (χ2n) is 4.20. The predicted molar refractivity (Wildman–Crippen MR) is 69.7 cm³/mol. The van der Waals surface area contributed by atoms with Crippen molar-refractivity contribution in [3.63, 3.8) is 0 Å². The molecule has 0 saturated carbocycles. The highest BCUT2D eigenvalue weighted by Gasteiger charge is 2.19. The largest absolute Gasteiger partial charge is 0.328 e. The molecule has 1 aromatic heterocycles. The average molecular weight is 263 g/mol. The number of pyridine rings is 1. The molecule has 0 unspecified atom stereocenters. The van der Waals surface area contributed by atoms with Crippen LogP contribution in [0.15, 0.2) is 47.5 Å². The standard InChI is InChI=1S/C13H14N2O2S/c1-10-3-6-12(7-4-10)18(16,17)15-13-8-5-11(2)9-14-13/h3-9H,1-2H3,(H,14,15)/p+1. The minimum Gasteiger partial charge on any atom is -0.247 e. The van der Waals surface area contributed by atoms with Crippen LogP contribution in [-0.2, 0) is 10.0 Å². The fraction of sp³-hybridized carbons (Fsp3) is 0.154. The SMILES string of the molecule is Cc1ccc(S(=O)(=O)Nc2ccc(C)c[nH+]2)cc1. The molecule has 0 aliphatic rings. The van der Waals surface area contributed by atoms with Gasteiger partial charge >= 0.3 is 10.0 Å². The molecule has 5 heteroatoms. The van der Waals surface area contributed by atoms with Gasteiger partial charge in [0.05, 0.1) is 6.20 Å². The van der Waals surface area contributed by atoms with E-state index in [4.69, 9.17) is 0 Å². The van der Waals surface area contributed by atoms with Crippen LogP contribution < -0.4 is 9.71 Å². The zero-order valence-electron chi connectivity index (χ0n) is 10.3. The van der Waals surface area contributed by atoms with Crippen molar-refractivity contribution < 1.29 is 13.4 Å². The van der Waals surface area contributed by atoms with Crippen molar-refractivity contribution in [1.29, 1.82) is 0 Å². The number of sulfonamides is 1. The number of anilines is 1. The summed E-state index contributed by atoms with van der Waals surface area (Å²) in [7, 11) is -3.52. The fourth-order valence-corrected chi connectivity index (χ4v) is 2.52. The number of benzene rings is 1. The van der Waals surface area contributed by atoms with E-state index >= 15 is 0 Å². The molecule has 94 valence electrons. The molecule has 0 aliphatic carbocycles. The van der Waals surface area contributed by atoms with Gasteiger partial charge in [0.1, 0.15) is 4.90 Å². The van der Waals surface area contributed by atoms with Gasteiger partial charge in [0.2, 0.25) is 0 Å². The molecule has 2 N–H and O–H groups in total. The van der Waals surface area contributed by atoms with Crippen LogP contribution in [0, 0.1) is 13.8 Å². The molecule has 0 saturated heterocycles. The highest BCUT2D eigenvalue weighted by molar-refractivity contribution is 7.92. The molecule has 0 fully saturated rings. The van der Waals surface area contributed by atoms with Gasteiger partial charge in [-0.2, -0.15) is 13.1 Å². The number of aromatic amines is 1. The van der Waals surface area contributed by atoms with Crippen molar-refractivity contribution in [2.45, 2.75) is 18.7 Å². The van der Waals surface area contributed by atoms with Crippen LogP contribution in [0.25, 0.3) is 0 Å². The van der Waals surface area contributed by atoms with Crippen LogP contribution >= 0.6 is 0 Å². The number of aryl methyl sites for hydroxylation is 2. The highest BCUT2D eigenvalue weighted by atomic mass is 32.2. The molecule has 1 heterocycles. The Morgan fingerprint density at radius 3 is 2.11 bits per heavy atom. The molecule has 2 rings (SSSR count). The predicted octanol–water partition coefficient (Wildman–Crippen LogP) is 1.92. The highest BCUT2D eigenvalue weighted by Crippen LogP contribution is 2.13. The monoisotopic (exact) mass is 263 g/mol. The normalized spacial score (nSPS) is 11.2. The summed E-state index contributed by atoms with van der Waals surface area (Å²) >= 11 is 0. The van der Waals surface area contributed by atoms with Gasteiger partial charge in [-0.05, 0) is 37.6 Å². The van der Waals surface area contributed by atoms with E-state index in [1.807, 2.05) is 19.9 Å². The van der Waals surface area contributed by atoms with Crippen molar-refractivity contribution in [3.8, 4) is 0 Å². The Morgan fingerprint density at radius 2 is 1.56 bits per heavy atom. The molecular formula is C13H15N2O2S+. The summed E-state index contributed by atoms with van der Waals surface area (Å²) in [4.78, 5) is 3.14. The Balaban J connectivity index is 2.27. The first-order valence-electron chi connectivity index (χ1n) is 5.55. The van der Waals surface area contributed by atoms with Gasteiger partial charge in [-0.1, -0.05) is 17.7 Å². The van der Waals surface area contributed by atoms with Gasteiger partial charge in [0, 0.05) is 6.07 Å². The maximum absolute atomic E-state index is 12.1. The van der Waals surface area contributed by atoms with Crippen LogP contribution in [0.4, 0.5) is 5.82 Å². The minimum atomic E-state index is -3.52. The molecule has 0 atom stereocenters. The number of nitrogens with one attached hydrogen (secondary N) is 2. The van der Waals surface area contributed by atoms with Gasteiger partial charge in [0.15, 0.2) is 0 Å². The topological polar surface area (TPSA) is 60.3 Å². The van der Waals surface area contributed by atoms with Crippen LogP contribution in [0.1, 0.15) is 11.1 Å². The van der Waals surface area contributed by atoms with E-state index in [0.717, 1.165) is 11.1 Å². The first-order valence-corrected chi connectivity index (χ1v) is 7.03. The number of rotatable bonds is 3. The molecular weight excluding hydrogens is 248 g/mol. The van der Waals surface area contributed by atoms with Crippen molar-refractivity contribution >= 4 is 15.8 Å². The number of aromatic nitrogens is 1. The minimum absolute atomic E-state index is 0.252. The molecule has 1 aromatic carbocycles. The third kappa shape index (κ3) is 2.87. The Morgan fingerprint density at radius 1 is 0.944 bits per heavy atom. The van der Waals surface area contributed by atoms with Crippen molar-refractivity contribution in [3.05, 3.63) is 53.7 Å². The summed E-state index contributed by atoms with van der Waals surface area (Å²) in [5, 5.41) is 0. The quantitative estimate of drug-likeness (QED) is 0.919. The molecule has 2 aromatic rings. The lowest BCUT2D eigenvalue weighted by Crippen LogP contribution is -2.19. The van der Waals surface area contributed by atoms with Crippen molar-refractivity contribution in [1.82, 2.24) is 0 Å². The van der Waals surface area contributed by atoms with E-state index < -0.39 is 10.0 Å². The van der Waals surface area contributed by atoms with E-state index in [1.165, 1.54) is 0 Å². The van der Waals surface area contributed by atoms with Crippen molar-refractivity contribution in [2.24, 2.45) is 0 Å². The molecule has 4 nitrogen and oxygen atoms in total. The van der Waals surface area contributed by atoms with E-state index in [1.54, 1.807) is 36.5 Å². The molecule has 18 heavy (non-hydrogen) atoms. The lowest BCUT2D eigenvalue weighted by atomic mass is 10.2. The van der Waals surface area contributed by atoms with Crippen LogP contribution in [0.3, 0.4) is 0 Å². The maximum atomic E-state index is 12.1. The Labute approximate surface area is 107 Å². The lowest BCUT2D eigenvalue weighted by molar-refractivity contribution is -0.360. The zero-order chi connectivity index (χ0) is 13.2. The smallest absolute Gasteiger partial charge is 0.247 e. The Bertz CT molecular complexity index is 632. The maximum Gasteiger partial charge on any atom is 0.328 e. The number of hydrogen-bond donors (Lipinski definition) is 1. The second-order valence-corrected chi connectivity index (χ2v) is 5.88. The summed E-state index contributed by atoms with van der Waals surface area (Å²) in [6.07, 6.45) is 1.74. The summed E-state index contributed by atoms with van der Waals surface area (Å²) in [6, 6.07) is 10.3. The van der Waals surface area contributed by atoms with Gasteiger partial charge in [-0.15, -0.1) is 0 Å². The number of hydrogen-bond acceptors (Lipinski definition) is 2. The van der Waals surface area contributed by atoms with Gasteiger partial charge < -0.3 is 0 Å². The van der Waals surface area contributed by atoms with Crippen LogP contribution in [0.5, 0.6) is 0 Å². The molecule has 0 spiro atoms. The molecule has 0 radical (unpaired) electrons. The summed E-state index contributed by atoms with van der Waals surface area (Å²) in [5.41, 5.74) is 2.06.